The normalized spacial score (nSPS) is 10.3. The Morgan fingerprint density at radius 2 is 1.79 bits per heavy atom. The van der Waals surface area contributed by atoms with Gasteiger partial charge in [0.1, 0.15) is 12.4 Å². The van der Waals surface area contributed by atoms with Gasteiger partial charge in [0, 0.05) is 19.4 Å². The number of ketones is 1. The third-order valence-electron chi connectivity index (χ3n) is 1.77. The van der Waals surface area contributed by atoms with Crippen LogP contribution in [-0.4, -0.2) is 32.1 Å². The number of methoxy groups -OCH3 is 1. The first-order chi connectivity index (χ1) is 6.57. The van der Waals surface area contributed by atoms with Gasteiger partial charge in [0.05, 0.1) is 13.0 Å². The molecule has 0 aliphatic heterocycles. The standard InChI is InChI=1S/C10H18O4/c1-8(2)9(11)4-5-10(12)14-7-6-13-3/h8H,4-7H2,1-3H3. The van der Waals surface area contributed by atoms with Gasteiger partial charge in [0.25, 0.3) is 0 Å². The highest BCUT2D eigenvalue weighted by molar-refractivity contribution is 5.84. The smallest absolute Gasteiger partial charge is 0.306 e. The van der Waals surface area contributed by atoms with Gasteiger partial charge in [0.15, 0.2) is 0 Å². The third kappa shape index (κ3) is 6.60. The highest BCUT2D eigenvalue weighted by Gasteiger charge is 2.10. The molecule has 0 aromatic rings. The van der Waals surface area contributed by atoms with Gasteiger partial charge in [-0.1, -0.05) is 13.8 Å². The molecule has 0 radical (unpaired) electrons. The van der Waals surface area contributed by atoms with Gasteiger partial charge in [0.2, 0.25) is 0 Å². The lowest BCUT2D eigenvalue weighted by Gasteiger charge is -2.04. The Hall–Kier alpha value is -0.900. The van der Waals surface area contributed by atoms with Gasteiger partial charge in [-0.2, -0.15) is 0 Å². The maximum atomic E-state index is 11.1. The van der Waals surface area contributed by atoms with Gasteiger partial charge < -0.3 is 9.47 Å². The predicted molar refractivity (Wildman–Crippen MR) is 51.9 cm³/mol. The van der Waals surface area contributed by atoms with E-state index in [4.69, 9.17) is 9.47 Å². The molecule has 0 unspecified atom stereocenters. The number of Topliss-reactive ketones (excluding diaryl/α,β-unsaturated/α-hetero) is 1. The van der Waals surface area contributed by atoms with Crippen LogP contribution in [0, 0.1) is 5.92 Å². The number of hydrogen-bond donors (Lipinski definition) is 0. The largest absolute Gasteiger partial charge is 0.463 e. The van der Waals surface area contributed by atoms with Crippen molar-refractivity contribution >= 4 is 11.8 Å². The molecular weight excluding hydrogens is 184 g/mol. The fourth-order valence-electron chi connectivity index (χ4n) is 0.825. The van der Waals surface area contributed by atoms with E-state index in [0.29, 0.717) is 6.61 Å². The van der Waals surface area contributed by atoms with Gasteiger partial charge in [-0.15, -0.1) is 0 Å². The minimum Gasteiger partial charge on any atom is -0.463 e. The summed E-state index contributed by atoms with van der Waals surface area (Å²) in [7, 11) is 1.54. The van der Waals surface area contributed by atoms with Crippen molar-refractivity contribution in [3.63, 3.8) is 0 Å². The number of carbonyl (C=O) groups excluding carboxylic acids is 2. The average Bonchev–Trinajstić information content (AvgIpc) is 2.14. The lowest BCUT2D eigenvalue weighted by Crippen LogP contribution is -2.13. The van der Waals surface area contributed by atoms with E-state index in [1.807, 2.05) is 13.8 Å². The summed E-state index contributed by atoms with van der Waals surface area (Å²) >= 11 is 0. The quantitative estimate of drug-likeness (QED) is 0.459. The second-order valence-electron chi connectivity index (χ2n) is 3.33. The number of ether oxygens (including phenoxy) is 2. The van der Waals surface area contributed by atoms with Crippen molar-refractivity contribution < 1.29 is 19.1 Å². The molecule has 0 aliphatic rings. The summed E-state index contributed by atoms with van der Waals surface area (Å²) in [6.07, 6.45) is 0.435. The monoisotopic (exact) mass is 202 g/mol. The first-order valence-electron chi connectivity index (χ1n) is 4.75. The van der Waals surface area contributed by atoms with Crippen LogP contribution < -0.4 is 0 Å². The zero-order chi connectivity index (χ0) is 11.0. The minimum absolute atomic E-state index is 0.0122. The molecule has 0 saturated heterocycles. The van der Waals surface area contributed by atoms with Crippen LogP contribution in [-0.2, 0) is 19.1 Å². The van der Waals surface area contributed by atoms with E-state index in [9.17, 15) is 9.59 Å². The van der Waals surface area contributed by atoms with Crippen molar-refractivity contribution in [2.75, 3.05) is 20.3 Å². The summed E-state index contributed by atoms with van der Waals surface area (Å²) in [5.74, 6) is -0.258. The molecule has 0 saturated carbocycles. The summed E-state index contributed by atoms with van der Waals surface area (Å²) < 4.78 is 9.51. The molecular formula is C10H18O4. The summed E-state index contributed by atoms with van der Waals surface area (Å²) in [5.41, 5.74) is 0. The first-order valence-corrected chi connectivity index (χ1v) is 4.75. The molecule has 0 aromatic heterocycles. The second-order valence-corrected chi connectivity index (χ2v) is 3.33. The molecule has 0 amide bonds. The van der Waals surface area contributed by atoms with Crippen molar-refractivity contribution in [3.05, 3.63) is 0 Å². The van der Waals surface area contributed by atoms with Crippen molar-refractivity contribution in [2.24, 2.45) is 5.92 Å². The SMILES string of the molecule is COCCOC(=O)CCC(=O)C(C)C. The first kappa shape index (κ1) is 13.1. The maximum Gasteiger partial charge on any atom is 0.306 e. The van der Waals surface area contributed by atoms with Crippen LogP contribution in [0.2, 0.25) is 0 Å². The predicted octanol–water partition coefficient (Wildman–Crippen LogP) is 1.18. The van der Waals surface area contributed by atoms with Gasteiger partial charge >= 0.3 is 5.97 Å². The van der Waals surface area contributed by atoms with E-state index in [-0.39, 0.29) is 37.1 Å². The van der Waals surface area contributed by atoms with Crippen LogP contribution in [0.1, 0.15) is 26.7 Å². The third-order valence-corrected chi connectivity index (χ3v) is 1.77. The molecule has 0 bridgehead atoms. The Bertz CT molecular complexity index is 187. The fourth-order valence-corrected chi connectivity index (χ4v) is 0.825. The number of rotatable bonds is 7. The molecule has 14 heavy (non-hydrogen) atoms. The Morgan fingerprint density at radius 1 is 1.14 bits per heavy atom. The molecule has 0 spiro atoms. The molecule has 0 atom stereocenters. The second kappa shape index (κ2) is 7.50. The molecule has 0 N–H and O–H groups in total. The van der Waals surface area contributed by atoms with Crippen LogP contribution in [0.3, 0.4) is 0 Å². The van der Waals surface area contributed by atoms with E-state index in [2.05, 4.69) is 0 Å². The van der Waals surface area contributed by atoms with Crippen LogP contribution in [0.4, 0.5) is 0 Å². The van der Waals surface area contributed by atoms with E-state index in [1.165, 1.54) is 7.11 Å². The summed E-state index contributed by atoms with van der Waals surface area (Å²) in [5, 5.41) is 0. The van der Waals surface area contributed by atoms with Crippen LogP contribution in [0.15, 0.2) is 0 Å². The van der Waals surface area contributed by atoms with E-state index in [1.54, 1.807) is 0 Å². The Kier molecular flexibility index (Phi) is 7.02. The molecule has 4 nitrogen and oxygen atoms in total. The Morgan fingerprint density at radius 3 is 2.29 bits per heavy atom. The molecule has 4 heteroatoms. The molecule has 0 rings (SSSR count). The number of hydrogen-bond acceptors (Lipinski definition) is 4. The van der Waals surface area contributed by atoms with Crippen LogP contribution in [0.25, 0.3) is 0 Å². The molecule has 0 heterocycles. The lowest BCUT2D eigenvalue weighted by molar-refractivity contribution is -0.146. The number of esters is 1. The Labute approximate surface area is 84.6 Å². The Balaban J connectivity index is 3.49. The van der Waals surface area contributed by atoms with Gasteiger partial charge in [-0.25, -0.2) is 0 Å². The summed E-state index contributed by atoms with van der Waals surface area (Å²) in [6.45, 7) is 4.28. The minimum atomic E-state index is -0.337. The summed E-state index contributed by atoms with van der Waals surface area (Å²) in [6, 6.07) is 0. The molecule has 0 aromatic carbocycles. The summed E-state index contributed by atoms with van der Waals surface area (Å²) in [4.78, 5) is 22.2. The van der Waals surface area contributed by atoms with Crippen LogP contribution in [0.5, 0.6) is 0 Å². The fraction of sp³-hybridized carbons (Fsp3) is 0.800. The molecule has 0 fully saturated rings. The highest BCUT2D eigenvalue weighted by Crippen LogP contribution is 2.02. The van der Waals surface area contributed by atoms with Crippen molar-refractivity contribution in [1.29, 1.82) is 0 Å². The average molecular weight is 202 g/mol. The van der Waals surface area contributed by atoms with E-state index < -0.39 is 0 Å². The number of carbonyl (C=O) groups is 2. The maximum absolute atomic E-state index is 11.1. The van der Waals surface area contributed by atoms with Crippen molar-refractivity contribution in [1.82, 2.24) is 0 Å². The molecule has 82 valence electrons. The lowest BCUT2D eigenvalue weighted by atomic mass is 10.1. The molecule has 0 aliphatic carbocycles. The zero-order valence-corrected chi connectivity index (χ0v) is 9.04. The van der Waals surface area contributed by atoms with E-state index in [0.717, 1.165) is 0 Å². The van der Waals surface area contributed by atoms with Crippen LogP contribution >= 0.6 is 0 Å². The topological polar surface area (TPSA) is 52.6 Å². The highest BCUT2D eigenvalue weighted by atomic mass is 16.6. The van der Waals surface area contributed by atoms with Crippen molar-refractivity contribution in [2.45, 2.75) is 26.7 Å². The van der Waals surface area contributed by atoms with Gasteiger partial charge in [-0.3, -0.25) is 9.59 Å². The zero-order valence-electron chi connectivity index (χ0n) is 9.04. The van der Waals surface area contributed by atoms with Gasteiger partial charge in [-0.05, 0) is 0 Å². The van der Waals surface area contributed by atoms with Crippen molar-refractivity contribution in [3.8, 4) is 0 Å². The van der Waals surface area contributed by atoms with E-state index >= 15 is 0 Å².